The number of anilines is 2. The van der Waals surface area contributed by atoms with Crippen molar-refractivity contribution in [3.8, 4) is 11.3 Å². The Balaban J connectivity index is 1.53. The van der Waals surface area contributed by atoms with Gasteiger partial charge in [0.2, 0.25) is 0 Å². The van der Waals surface area contributed by atoms with Gasteiger partial charge in [-0.3, -0.25) is 4.98 Å². The first kappa shape index (κ1) is 27.2. The van der Waals surface area contributed by atoms with Crippen LogP contribution in [0.4, 0.5) is 24.7 Å². The molecule has 0 aliphatic heterocycles. The number of aromatic nitrogens is 3. The number of ether oxygens (including phenoxy) is 1. The maximum Gasteiger partial charge on any atom is 0.418 e. The Labute approximate surface area is 228 Å². The Hall–Kier alpha value is -4.35. The van der Waals surface area contributed by atoms with E-state index in [1.54, 1.807) is 18.2 Å². The molecule has 0 radical (unpaired) electrons. The van der Waals surface area contributed by atoms with Crippen LogP contribution in [0.15, 0.2) is 96.0 Å². The van der Waals surface area contributed by atoms with Gasteiger partial charge in [0.05, 0.1) is 28.3 Å². The third kappa shape index (κ3) is 6.27. The SMILES string of the molecule is CS(=O)(=O)c1ccc(Nc2nc(COCc3ccccc3)nc3cc(-c4ncccc4C(F)(F)F)ccc23)cc1. The van der Waals surface area contributed by atoms with E-state index in [1.807, 2.05) is 30.3 Å². The Morgan fingerprint density at radius 1 is 0.875 bits per heavy atom. The molecule has 0 aliphatic carbocycles. The van der Waals surface area contributed by atoms with E-state index in [4.69, 9.17) is 4.74 Å². The van der Waals surface area contributed by atoms with E-state index in [-0.39, 0.29) is 22.8 Å². The number of alkyl halides is 3. The zero-order chi connectivity index (χ0) is 28.3. The number of nitrogens with zero attached hydrogens (tertiary/aromatic N) is 3. The van der Waals surface area contributed by atoms with Gasteiger partial charge < -0.3 is 10.1 Å². The molecule has 0 saturated heterocycles. The minimum atomic E-state index is -4.58. The average molecular weight is 565 g/mol. The Morgan fingerprint density at radius 2 is 1.62 bits per heavy atom. The molecule has 1 N–H and O–H groups in total. The predicted octanol–water partition coefficient (Wildman–Crippen LogP) is 6.57. The molecule has 0 unspecified atom stereocenters. The second kappa shape index (κ2) is 11.0. The minimum Gasteiger partial charge on any atom is -0.369 e. The van der Waals surface area contributed by atoms with Crippen LogP contribution in [0.2, 0.25) is 0 Å². The molecular formula is C29H23F3N4O3S. The van der Waals surface area contributed by atoms with Crippen LogP contribution in [0, 0.1) is 0 Å². The summed E-state index contributed by atoms with van der Waals surface area (Å²) in [4.78, 5) is 13.3. The van der Waals surface area contributed by atoms with Gasteiger partial charge in [-0.25, -0.2) is 18.4 Å². The largest absolute Gasteiger partial charge is 0.418 e. The van der Waals surface area contributed by atoms with Crippen LogP contribution >= 0.6 is 0 Å². The molecule has 0 spiro atoms. The second-order valence-corrected chi connectivity index (χ2v) is 11.0. The van der Waals surface area contributed by atoms with E-state index < -0.39 is 21.6 Å². The Bertz CT molecular complexity index is 1760. The summed E-state index contributed by atoms with van der Waals surface area (Å²) in [6, 6.07) is 22.6. The minimum absolute atomic E-state index is 0.0497. The topological polar surface area (TPSA) is 94.1 Å². The molecule has 2 heterocycles. The quantitative estimate of drug-likeness (QED) is 0.228. The first-order valence-corrected chi connectivity index (χ1v) is 14.0. The molecule has 7 nitrogen and oxygen atoms in total. The van der Waals surface area contributed by atoms with Crippen molar-refractivity contribution in [1.82, 2.24) is 15.0 Å². The van der Waals surface area contributed by atoms with Crippen molar-refractivity contribution in [1.29, 1.82) is 0 Å². The lowest BCUT2D eigenvalue weighted by Gasteiger charge is -2.14. The van der Waals surface area contributed by atoms with Crippen molar-refractivity contribution in [2.75, 3.05) is 11.6 Å². The summed E-state index contributed by atoms with van der Waals surface area (Å²) >= 11 is 0. The van der Waals surface area contributed by atoms with Gasteiger partial charge in [0, 0.05) is 29.1 Å². The van der Waals surface area contributed by atoms with Gasteiger partial charge in [0.1, 0.15) is 12.4 Å². The maximum atomic E-state index is 13.7. The van der Waals surface area contributed by atoms with E-state index in [0.717, 1.165) is 17.9 Å². The van der Waals surface area contributed by atoms with E-state index in [0.29, 0.717) is 34.8 Å². The lowest BCUT2D eigenvalue weighted by Crippen LogP contribution is -2.08. The maximum absolute atomic E-state index is 13.7. The van der Waals surface area contributed by atoms with Gasteiger partial charge >= 0.3 is 6.18 Å². The molecule has 204 valence electrons. The lowest BCUT2D eigenvalue weighted by atomic mass is 10.0. The van der Waals surface area contributed by atoms with Crippen molar-refractivity contribution in [2.45, 2.75) is 24.3 Å². The number of hydrogen-bond acceptors (Lipinski definition) is 7. The van der Waals surface area contributed by atoms with E-state index in [1.165, 1.54) is 36.5 Å². The smallest absolute Gasteiger partial charge is 0.369 e. The summed E-state index contributed by atoms with van der Waals surface area (Å²) in [5.74, 6) is 0.701. The van der Waals surface area contributed by atoms with Gasteiger partial charge in [-0.05, 0) is 54.1 Å². The normalized spacial score (nSPS) is 12.0. The molecule has 2 aromatic heterocycles. The number of hydrogen-bond donors (Lipinski definition) is 1. The molecule has 5 aromatic rings. The van der Waals surface area contributed by atoms with Crippen LogP contribution in [-0.2, 0) is 34.0 Å². The van der Waals surface area contributed by atoms with Crippen LogP contribution in [0.1, 0.15) is 17.0 Å². The summed E-state index contributed by atoms with van der Waals surface area (Å²) < 4.78 is 70.5. The fraction of sp³-hybridized carbons (Fsp3) is 0.138. The van der Waals surface area contributed by atoms with E-state index in [9.17, 15) is 21.6 Å². The van der Waals surface area contributed by atoms with Gasteiger partial charge in [-0.1, -0.05) is 36.4 Å². The van der Waals surface area contributed by atoms with Gasteiger partial charge in [0.15, 0.2) is 15.7 Å². The second-order valence-electron chi connectivity index (χ2n) is 9.02. The molecular weight excluding hydrogens is 541 g/mol. The summed E-state index contributed by atoms with van der Waals surface area (Å²) in [6.45, 7) is 0.370. The van der Waals surface area contributed by atoms with Crippen molar-refractivity contribution < 1.29 is 26.3 Å². The summed E-state index contributed by atoms with van der Waals surface area (Å²) in [5, 5.41) is 3.72. The zero-order valence-electron chi connectivity index (χ0n) is 21.2. The number of fused-ring (bicyclic) bond motifs is 1. The van der Waals surface area contributed by atoms with Crippen LogP contribution in [-0.4, -0.2) is 29.6 Å². The lowest BCUT2D eigenvalue weighted by molar-refractivity contribution is -0.137. The number of sulfone groups is 1. The monoisotopic (exact) mass is 564 g/mol. The van der Waals surface area contributed by atoms with E-state index in [2.05, 4.69) is 20.3 Å². The van der Waals surface area contributed by atoms with Crippen LogP contribution in [0.5, 0.6) is 0 Å². The highest BCUT2D eigenvalue weighted by Gasteiger charge is 2.34. The third-order valence-corrected chi connectivity index (χ3v) is 7.15. The summed E-state index contributed by atoms with van der Waals surface area (Å²) in [7, 11) is -3.37. The van der Waals surface area contributed by atoms with Crippen molar-refractivity contribution in [2.24, 2.45) is 0 Å². The fourth-order valence-corrected chi connectivity index (χ4v) is 4.74. The standard InChI is InChI=1S/C29H23F3N4O3S/c1-40(37,38)22-12-10-21(11-13-22)34-28-23-14-9-20(27-24(29(30,31)32)8-5-15-33-27)16-25(23)35-26(36-28)18-39-17-19-6-3-2-4-7-19/h2-16H,17-18H2,1H3,(H,34,35,36). The zero-order valence-corrected chi connectivity index (χ0v) is 22.0. The predicted molar refractivity (Wildman–Crippen MR) is 146 cm³/mol. The average Bonchev–Trinajstić information content (AvgIpc) is 2.93. The summed E-state index contributed by atoms with van der Waals surface area (Å²) in [5.41, 5.74) is 1.11. The highest BCUT2D eigenvalue weighted by molar-refractivity contribution is 7.90. The van der Waals surface area contributed by atoms with Crippen LogP contribution in [0.3, 0.4) is 0 Å². The number of benzene rings is 3. The fourth-order valence-electron chi connectivity index (χ4n) is 4.11. The van der Waals surface area contributed by atoms with Gasteiger partial charge in [-0.15, -0.1) is 0 Å². The molecule has 0 fully saturated rings. The molecule has 3 aromatic carbocycles. The molecule has 0 saturated carbocycles. The highest BCUT2D eigenvalue weighted by atomic mass is 32.2. The number of rotatable bonds is 8. The van der Waals surface area contributed by atoms with Gasteiger partial charge in [0.25, 0.3) is 0 Å². The molecule has 11 heteroatoms. The third-order valence-electron chi connectivity index (χ3n) is 6.02. The molecule has 0 atom stereocenters. The molecule has 0 aliphatic rings. The first-order chi connectivity index (χ1) is 19.1. The number of pyridine rings is 1. The van der Waals surface area contributed by atoms with Crippen molar-refractivity contribution >= 4 is 32.2 Å². The van der Waals surface area contributed by atoms with Crippen molar-refractivity contribution in [3.05, 3.63) is 108 Å². The number of halogens is 3. The van der Waals surface area contributed by atoms with E-state index >= 15 is 0 Å². The van der Waals surface area contributed by atoms with Gasteiger partial charge in [-0.2, -0.15) is 13.2 Å². The van der Waals surface area contributed by atoms with Crippen molar-refractivity contribution in [3.63, 3.8) is 0 Å². The molecule has 40 heavy (non-hydrogen) atoms. The van der Waals surface area contributed by atoms with Crippen LogP contribution < -0.4 is 5.32 Å². The first-order valence-electron chi connectivity index (χ1n) is 12.1. The molecule has 5 rings (SSSR count). The molecule has 0 amide bonds. The summed E-state index contributed by atoms with van der Waals surface area (Å²) in [6.07, 6.45) is -2.14. The molecule has 0 bridgehead atoms. The van der Waals surface area contributed by atoms with Crippen LogP contribution in [0.25, 0.3) is 22.2 Å². The Kier molecular flexibility index (Phi) is 7.51. The number of nitrogens with one attached hydrogen (secondary N) is 1. The Morgan fingerprint density at radius 3 is 2.33 bits per heavy atom. The highest BCUT2D eigenvalue weighted by Crippen LogP contribution is 2.37.